The van der Waals surface area contributed by atoms with Crippen LogP contribution in [0.1, 0.15) is 11.8 Å². The van der Waals surface area contributed by atoms with Crippen LogP contribution in [-0.2, 0) is 4.74 Å². The van der Waals surface area contributed by atoms with Crippen LogP contribution in [0.2, 0.25) is 0 Å². The summed E-state index contributed by atoms with van der Waals surface area (Å²) in [6, 6.07) is 0. The number of hydrogen-bond acceptors (Lipinski definition) is 7. The number of aliphatic hydroxyl groups excluding tert-OH is 2. The molecule has 0 saturated carbocycles. The number of alkyl halides is 2. The molecule has 2 aromatic rings. The summed E-state index contributed by atoms with van der Waals surface area (Å²) >= 11 is 5.69. The number of H-pyrrole nitrogens is 1. The van der Waals surface area contributed by atoms with Crippen molar-refractivity contribution in [2.45, 2.75) is 23.4 Å². The van der Waals surface area contributed by atoms with Crippen molar-refractivity contribution in [2.75, 3.05) is 12.3 Å². The number of nitrogens with zero attached hydrogens (tertiary/aromatic N) is 3. The largest absolute Gasteiger partial charge is 0.394 e. The summed E-state index contributed by atoms with van der Waals surface area (Å²) in [6.07, 6.45) is -3.29. The molecule has 1 aliphatic heterocycles. The number of rotatable bonds is 2. The number of anilines is 1. The second kappa shape index (κ2) is 4.63. The van der Waals surface area contributed by atoms with E-state index in [4.69, 9.17) is 27.2 Å². The number of aromatic nitrogens is 4. The van der Waals surface area contributed by atoms with E-state index in [0.29, 0.717) is 0 Å². The molecule has 2 aromatic heterocycles. The van der Waals surface area contributed by atoms with Crippen LogP contribution in [0.5, 0.6) is 0 Å². The first-order valence-corrected chi connectivity index (χ1v) is 6.29. The number of aromatic amines is 1. The highest BCUT2D eigenvalue weighted by atomic mass is 35.5. The molecule has 0 aromatic carbocycles. The first-order valence-electron chi connectivity index (χ1n) is 5.92. The fourth-order valence-corrected chi connectivity index (χ4v) is 2.56. The molecule has 0 bridgehead atoms. The number of hydrogen-bond donors (Lipinski definition) is 4. The van der Waals surface area contributed by atoms with Gasteiger partial charge in [0.25, 0.3) is 5.56 Å². The van der Waals surface area contributed by atoms with Gasteiger partial charge in [-0.05, 0) is 0 Å². The fourth-order valence-electron chi connectivity index (χ4n) is 2.26. The lowest BCUT2D eigenvalue weighted by atomic mass is 10.1. The van der Waals surface area contributed by atoms with Crippen molar-refractivity contribution in [1.29, 1.82) is 0 Å². The van der Waals surface area contributed by atoms with E-state index < -0.39 is 35.6 Å². The Labute approximate surface area is 121 Å². The summed E-state index contributed by atoms with van der Waals surface area (Å²) in [5.74, 6) is -0.206. The summed E-state index contributed by atoms with van der Waals surface area (Å²) in [4.78, 5) is 17.7. The SMILES string of the molecule is Nc1nn2c([C@@H]3O[C@H](CO)C(O)[C@]3(F)Cl)cnc2c(=O)[nH]1. The van der Waals surface area contributed by atoms with Crippen LogP contribution < -0.4 is 11.3 Å². The zero-order valence-electron chi connectivity index (χ0n) is 10.4. The second-order valence-electron chi connectivity index (χ2n) is 4.61. The van der Waals surface area contributed by atoms with Crippen LogP contribution in [0.25, 0.3) is 5.65 Å². The molecule has 3 rings (SSSR count). The Bertz CT molecular complexity index is 747. The molecule has 0 spiro atoms. The third-order valence-corrected chi connectivity index (χ3v) is 3.69. The minimum Gasteiger partial charge on any atom is -0.394 e. The van der Waals surface area contributed by atoms with Gasteiger partial charge in [-0.2, -0.15) is 0 Å². The molecule has 4 atom stereocenters. The van der Waals surface area contributed by atoms with Crippen molar-refractivity contribution < 1.29 is 19.3 Å². The Hall–Kier alpha value is -1.75. The lowest BCUT2D eigenvalue weighted by molar-refractivity contribution is -0.0242. The number of halogens is 2. The second-order valence-corrected chi connectivity index (χ2v) is 5.19. The van der Waals surface area contributed by atoms with Gasteiger partial charge in [-0.25, -0.2) is 13.9 Å². The van der Waals surface area contributed by atoms with Gasteiger partial charge in [-0.3, -0.25) is 9.78 Å². The molecule has 1 saturated heterocycles. The molecule has 5 N–H and O–H groups in total. The minimum atomic E-state index is -2.71. The molecule has 0 aliphatic carbocycles. The van der Waals surface area contributed by atoms with E-state index in [2.05, 4.69) is 15.1 Å². The van der Waals surface area contributed by atoms with Gasteiger partial charge in [-0.15, -0.1) is 5.10 Å². The van der Waals surface area contributed by atoms with Crippen LogP contribution in [-0.4, -0.2) is 53.7 Å². The molecular weight excluding hydrogens is 309 g/mol. The molecule has 3 heterocycles. The zero-order chi connectivity index (χ0) is 15.4. The Kier molecular flexibility index (Phi) is 3.13. The van der Waals surface area contributed by atoms with Gasteiger partial charge < -0.3 is 20.7 Å². The molecule has 21 heavy (non-hydrogen) atoms. The van der Waals surface area contributed by atoms with Crippen LogP contribution in [0.15, 0.2) is 11.0 Å². The molecule has 1 unspecified atom stereocenters. The Morgan fingerprint density at radius 3 is 3.00 bits per heavy atom. The third-order valence-electron chi connectivity index (χ3n) is 3.27. The summed E-state index contributed by atoms with van der Waals surface area (Å²) in [5, 5.41) is 19.9. The van der Waals surface area contributed by atoms with Gasteiger partial charge in [0.15, 0.2) is 6.10 Å². The van der Waals surface area contributed by atoms with Crippen molar-refractivity contribution in [1.82, 2.24) is 19.6 Å². The van der Waals surface area contributed by atoms with Crippen molar-refractivity contribution in [3.63, 3.8) is 0 Å². The maximum Gasteiger partial charge on any atom is 0.295 e. The number of nitrogen functional groups attached to an aromatic ring is 1. The average Bonchev–Trinajstić information content (AvgIpc) is 2.91. The highest BCUT2D eigenvalue weighted by Crippen LogP contribution is 2.47. The number of fused-ring (bicyclic) bond motifs is 1. The summed E-state index contributed by atoms with van der Waals surface area (Å²) in [7, 11) is 0. The maximum atomic E-state index is 14.5. The van der Waals surface area contributed by atoms with E-state index >= 15 is 0 Å². The zero-order valence-corrected chi connectivity index (χ0v) is 11.2. The van der Waals surface area contributed by atoms with E-state index in [1.807, 2.05) is 0 Å². The highest BCUT2D eigenvalue weighted by Gasteiger charge is 2.57. The molecule has 1 fully saturated rings. The van der Waals surface area contributed by atoms with Crippen LogP contribution >= 0.6 is 11.6 Å². The van der Waals surface area contributed by atoms with E-state index in [9.17, 15) is 14.3 Å². The predicted molar refractivity (Wildman–Crippen MR) is 68.4 cm³/mol. The monoisotopic (exact) mass is 319 g/mol. The van der Waals surface area contributed by atoms with Gasteiger partial charge in [0, 0.05) is 0 Å². The van der Waals surface area contributed by atoms with Crippen LogP contribution in [0.4, 0.5) is 10.3 Å². The van der Waals surface area contributed by atoms with Crippen LogP contribution in [0.3, 0.4) is 0 Å². The smallest absolute Gasteiger partial charge is 0.295 e. The van der Waals surface area contributed by atoms with Gasteiger partial charge in [-0.1, -0.05) is 11.6 Å². The standard InChI is InChI=1S/C10H11ClFN5O4/c11-10(12)5(19)4(2-18)21-6(10)3-1-14-7-8(20)15-9(13)16-17(3)7/h1,4-6,18-19H,2H2,(H3,13,15,16,20)/t4-,5?,6+,10-/m1/s1. The Balaban J connectivity index is 2.15. The Morgan fingerprint density at radius 2 is 2.38 bits per heavy atom. The van der Waals surface area contributed by atoms with Gasteiger partial charge in [0.2, 0.25) is 16.7 Å². The lowest BCUT2D eigenvalue weighted by Crippen LogP contribution is -2.37. The minimum absolute atomic E-state index is 0.00435. The van der Waals surface area contributed by atoms with Crippen molar-refractivity contribution >= 4 is 23.2 Å². The quantitative estimate of drug-likeness (QED) is 0.504. The number of nitrogens with one attached hydrogen (secondary N) is 1. The van der Waals surface area contributed by atoms with Crippen molar-refractivity contribution in [3.05, 3.63) is 22.2 Å². The molecule has 9 nitrogen and oxygen atoms in total. The van der Waals surface area contributed by atoms with Gasteiger partial charge >= 0.3 is 0 Å². The summed E-state index contributed by atoms with van der Waals surface area (Å²) in [6.45, 7) is -0.622. The normalized spacial score (nSPS) is 32.9. The van der Waals surface area contributed by atoms with E-state index in [-0.39, 0.29) is 17.3 Å². The number of nitrogens with two attached hydrogens (primary N) is 1. The van der Waals surface area contributed by atoms with E-state index in [1.165, 1.54) is 0 Å². The highest BCUT2D eigenvalue weighted by molar-refractivity contribution is 6.24. The molecular formula is C10H11ClFN5O4. The third kappa shape index (κ3) is 1.99. The van der Waals surface area contributed by atoms with Gasteiger partial charge in [0.05, 0.1) is 18.5 Å². The number of aliphatic hydroxyl groups is 2. The number of ether oxygens (including phenoxy) is 1. The lowest BCUT2D eigenvalue weighted by Gasteiger charge is -2.20. The maximum absolute atomic E-state index is 14.5. The Morgan fingerprint density at radius 1 is 1.67 bits per heavy atom. The number of imidazole rings is 1. The molecule has 114 valence electrons. The first kappa shape index (κ1) is 14.2. The molecule has 0 radical (unpaired) electrons. The van der Waals surface area contributed by atoms with Crippen molar-refractivity contribution in [2.24, 2.45) is 0 Å². The van der Waals surface area contributed by atoms with Crippen LogP contribution in [0, 0.1) is 0 Å². The predicted octanol–water partition coefficient (Wildman–Crippen LogP) is -1.30. The fraction of sp³-hybridized carbons (Fsp3) is 0.500. The van der Waals surface area contributed by atoms with Gasteiger partial charge in [0.1, 0.15) is 12.2 Å². The van der Waals surface area contributed by atoms with E-state index in [1.54, 1.807) is 0 Å². The van der Waals surface area contributed by atoms with Crippen molar-refractivity contribution in [3.8, 4) is 0 Å². The average molecular weight is 320 g/mol. The molecule has 11 heteroatoms. The summed E-state index contributed by atoms with van der Waals surface area (Å²) < 4.78 is 20.7. The van der Waals surface area contributed by atoms with E-state index in [0.717, 1.165) is 10.7 Å². The first-order chi connectivity index (χ1) is 9.86. The topological polar surface area (TPSA) is 139 Å². The molecule has 0 amide bonds. The molecule has 1 aliphatic rings. The summed E-state index contributed by atoms with van der Waals surface area (Å²) in [5.41, 5.74) is 4.68.